The summed E-state index contributed by atoms with van der Waals surface area (Å²) in [5.74, 6) is 0.570. The molecule has 0 aliphatic carbocycles. The van der Waals surface area contributed by atoms with Crippen LogP contribution in [0.3, 0.4) is 0 Å². The summed E-state index contributed by atoms with van der Waals surface area (Å²) in [7, 11) is 1.48. The van der Waals surface area contributed by atoms with Gasteiger partial charge in [-0.1, -0.05) is 33.6 Å². The molecule has 13 heavy (non-hydrogen) atoms. The molecule has 2 nitrogen and oxygen atoms in total. The van der Waals surface area contributed by atoms with Crippen LogP contribution in [0.5, 0.6) is 0 Å². The van der Waals surface area contributed by atoms with E-state index in [0.29, 0.717) is 5.92 Å². The fraction of sp³-hybridized carbons (Fsp3) is 0.909. The van der Waals surface area contributed by atoms with Crippen molar-refractivity contribution in [3.8, 4) is 0 Å². The third-order valence-electron chi connectivity index (χ3n) is 2.70. The summed E-state index contributed by atoms with van der Waals surface area (Å²) >= 11 is 0. The molecule has 0 aromatic heterocycles. The van der Waals surface area contributed by atoms with Crippen molar-refractivity contribution in [1.29, 1.82) is 0 Å². The molecule has 2 atom stereocenters. The Kier molecular flexibility index (Phi) is 6.65. The van der Waals surface area contributed by atoms with E-state index in [1.807, 2.05) is 0 Å². The summed E-state index contributed by atoms with van der Waals surface area (Å²) in [6.45, 7) is 6.36. The Hall–Kier alpha value is -0.530. The standard InChI is InChI=1S/C11H22O2/c1-5-8-9(6-2)10(7-3)11(12)13-4/h9-10H,5-8H2,1-4H3. The topological polar surface area (TPSA) is 26.3 Å². The molecule has 0 aromatic rings. The van der Waals surface area contributed by atoms with E-state index in [9.17, 15) is 4.79 Å². The van der Waals surface area contributed by atoms with Crippen LogP contribution in [0, 0.1) is 11.8 Å². The maximum absolute atomic E-state index is 11.4. The number of carbonyl (C=O) groups excluding carboxylic acids is 1. The SMILES string of the molecule is CCCC(CC)C(CC)C(=O)OC. The van der Waals surface area contributed by atoms with Gasteiger partial charge in [-0.25, -0.2) is 0 Å². The minimum atomic E-state index is -0.0391. The average molecular weight is 186 g/mol. The normalized spacial score (nSPS) is 15.1. The van der Waals surface area contributed by atoms with Crippen molar-refractivity contribution < 1.29 is 9.53 Å². The molecular formula is C11H22O2. The van der Waals surface area contributed by atoms with Crippen LogP contribution >= 0.6 is 0 Å². The minimum Gasteiger partial charge on any atom is -0.469 e. The van der Waals surface area contributed by atoms with E-state index in [4.69, 9.17) is 4.74 Å². The monoisotopic (exact) mass is 186 g/mol. The van der Waals surface area contributed by atoms with Crippen molar-refractivity contribution in [2.75, 3.05) is 7.11 Å². The smallest absolute Gasteiger partial charge is 0.308 e. The number of hydrogen-bond donors (Lipinski definition) is 0. The van der Waals surface area contributed by atoms with E-state index < -0.39 is 0 Å². The first-order valence-corrected chi connectivity index (χ1v) is 5.28. The van der Waals surface area contributed by atoms with Gasteiger partial charge in [0.1, 0.15) is 0 Å². The van der Waals surface area contributed by atoms with Crippen LogP contribution in [0.25, 0.3) is 0 Å². The van der Waals surface area contributed by atoms with Gasteiger partial charge in [0.05, 0.1) is 13.0 Å². The highest BCUT2D eigenvalue weighted by Gasteiger charge is 2.25. The third-order valence-corrected chi connectivity index (χ3v) is 2.70. The first-order chi connectivity index (χ1) is 6.21. The van der Waals surface area contributed by atoms with Gasteiger partial charge >= 0.3 is 5.97 Å². The highest BCUT2D eigenvalue weighted by Crippen LogP contribution is 2.25. The molecule has 0 radical (unpaired) electrons. The fourth-order valence-corrected chi connectivity index (χ4v) is 1.90. The summed E-state index contributed by atoms with van der Waals surface area (Å²) in [6.07, 6.45) is 4.24. The molecule has 2 unspecified atom stereocenters. The molecule has 2 heteroatoms. The van der Waals surface area contributed by atoms with E-state index in [0.717, 1.165) is 25.7 Å². The quantitative estimate of drug-likeness (QED) is 0.596. The van der Waals surface area contributed by atoms with Crippen LogP contribution in [-0.2, 0) is 9.53 Å². The van der Waals surface area contributed by atoms with E-state index in [1.54, 1.807) is 0 Å². The molecule has 0 rings (SSSR count). The third kappa shape index (κ3) is 3.79. The largest absolute Gasteiger partial charge is 0.469 e. The Balaban J connectivity index is 4.23. The zero-order chi connectivity index (χ0) is 10.3. The van der Waals surface area contributed by atoms with Crippen molar-refractivity contribution in [2.24, 2.45) is 11.8 Å². The van der Waals surface area contributed by atoms with Crippen molar-refractivity contribution in [3.05, 3.63) is 0 Å². The molecule has 0 N–H and O–H groups in total. The van der Waals surface area contributed by atoms with Crippen LogP contribution in [0.4, 0.5) is 0 Å². The van der Waals surface area contributed by atoms with Gasteiger partial charge in [-0.05, 0) is 18.8 Å². The van der Waals surface area contributed by atoms with E-state index in [-0.39, 0.29) is 11.9 Å². The van der Waals surface area contributed by atoms with Gasteiger partial charge in [0, 0.05) is 0 Å². The Morgan fingerprint density at radius 2 is 1.85 bits per heavy atom. The number of ether oxygens (including phenoxy) is 1. The van der Waals surface area contributed by atoms with Gasteiger partial charge in [0.25, 0.3) is 0 Å². The van der Waals surface area contributed by atoms with E-state index in [1.165, 1.54) is 7.11 Å². The van der Waals surface area contributed by atoms with Gasteiger partial charge < -0.3 is 4.74 Å². The van der Waals surface area contributed by atoms with Gasteiger partial charge in [-0.15, -0.1) is 0 Å². The summed E-state index contributed by atoms with van der Waals surface area (Å²) in [5, 5.41) is 0. The Labute approximate surface area is 81.7 Å². The zero-order valence-electron chi connectivity index (χ0n) is 9.30. The lowest BCUT2D eigenvalue weighted by molar-refractivity contribution is -0.147. The first-order valence-electron chi connectivity index (χ1n) is 5.28. The predicted molar refractivity (Wildman–Crippen MR) is 54.5 cm³/mol. The molecule has 0 bridgehead atoms. The second-order valence-electron chi connectivity index (χ2n) is 3.49. The lowest BCUT2D eigenvalue weighted by Gasteiger charge is -2.22. The molecule has 78 valence electrons. The van der Waals surface area contributed by atoms with Gasteiger partial charge in [0.15, 0.2) is 0 Å². The number of rotatable bonds is 6. The lowest BCUT2D eigenvalue weighted by atomic mass is 9.85. The highest BCUT2D eigenvalue weighted by molar-refractivity contribution is 5.72. The Morgan fingerprint density at radius 1 is 1.23 bits per heavy atom. The minimum absolute atomic E-state index is 0.0391. The van der Waals surface area contributed by atoms with E-state index >= 15 is 0 Å². The molecule has 0 heterocycles. The van der Waals surface area contributed by atoms with Crippen molar-refractivity contribution in [1.82, 2.24) is 0 Å². The fourth-order valence-electron chi connectivity index (χ4n) is 1.90. The summed E-state index contributed by atoms with van der Waals surface area (Å²) < 4.78 is 4.79. The van der Waals surface area contributed by atoms with Crippen LogP contribution in [0.1, 0.15) is 46.5 Å². The van der Waals surface area contributed by atoms with E-state index in [2.05, 4.69) is 20.8 Å². The molecule has 0 aliphatic heterocycles. The highest BCUT2D eigenvalue weighted by atomic mass is 16.5. The summed E-state index contributed by atoms with van der Waals surface area (Å²) in [6, 6.07) is 0. The first kappa shape index (κ1) is 12.5. The number of methoxy groups -OCH3 is 1. The zero-order valence-corrected chi connectivity index (χ0v) is 9.30. The second-order valence-corrected chi connectivity index (χ2v) is 3.49. The average Bonchev–Trinajstić information content (AvgIpc) is 2.17. The predicted octanol–water partition coefficient (Wildman–Crippen LogP) is 3.01. The van der Waals surface area contributed by atoms with Gasteiger partial charge in [0.2, 0.25) is 0 Å². The molecule has 0 aliphatic rings. The number of esters is 1. The van der Waals surface area contributed by atoms with Crippen LogP contribution < -0.4 is 0 Å². The lowest BCUT2D eigenvalue weighted by Crippen LogP contribution is -2.24. The summed E-state index contributed by atoms with van der Waals surface area (Å²) in [4.78, 5) is 11.4. The molecule has 0 saturated heterocycles. The van der Waals surface area contributed by atoms with Gasteiger partial charge in [-0.3, -0.25) is 4.79 Å². The number of carbonyl (C=O) groups is 1. The van der Waals surface area contributed by atoms with Crippen LogP contribution in [0.2, 0.25) is 0 Å². The maximum atomic E-state index is 11.4. The van der Waals surface area contributed by atoms with Crippen molar-refractivity contribution in [3.63, 3.8) is 0 Å². The molecule has 0 saturated carbocycles. The molecular weight excluding hydrogens is 164 g/mol. The van der Waals surface area contributed by atoms with Crippen molar-refractivity contribution >= 4 is 5.97 Å². The Bertz CT molecular complexity index is 143. The number of hydrogen-bond acceptors (Lipinski definition) is 2. The van der Waals surface area contributed by atoms with Gasteiger partial charge in [-0.2, -0.15) is 0 Å². The molecule has 0 spiro atoms. The van der Waals surface area contributed by atoms with Crippen molar-refractivity contribution in [2.45, 2.75) is 46.5 Å². The molecule has 0 aromatic carbocycles. The molecule has 0 fully saturated rings. The Morgan fingerprint density at radius 3 is 2.15 bits per heavy atom. The second kappa shape index (κ2) is 6.93. The maximum Gasteiger partial charge on any atom is 0.308 e. The summed E-state index contributed by atoms with van der Waals surface area (Å²) in [5.41, 5.74) is 0. The van der Waals surface area contributed by atoms with Crippen LogP contribution in [-0.4, -0.2) is 13.1 Å². The molecule has 0 amide bonds. The van der Waals surface area contributed by atoms with Crippen LogP contribution in [0.15, 0.2) is 0 Å².